The molecule has 0 radical (unpaired) electrons. The van der Waals surface area contributed by atoms with Gasteiger partial charge in [0.25, 0.3) is 0 Å². The lowest BCUT2D eigenvalue weighted by Gasteiger charge is -2.23. The summed E-state index contributed by atoms with van der Waals surface area (Å²) in [5, 5.41) is 0.371. The van der Waals surface area contributed by atoms with Gasteiger partial charge in [-0.05, 0) is 38.3 Å². The number of benzene rings is 1. The van der Waals surface area contributed by atoms with E-state index in [1.54, 1.807) is 17.0 Å². The molecule has 1 aromatic carbocycles. The molecule has 2 rings (SSSR count). The van der Waals surface area contributed by atoms with Gasteiger partial charge >= 0.3 is 0 Å². The van der Waals surface area contributed by atoms with Gasteiger partial charge in [-0.3, -0.25) is 4.79 Å². The van der Waals surface area contributed by atoms with Crippen LogP contribution in [0.25, 0.3) is 0 Å². The quantitative estimate of drug-likeness (QED) is 0.877. The van der Waals surface area contributed by atoms with E-state index in [2.05, 4.69) is 0 Å². The fourth-order valence-electron chi connectivity index (χ4n) is 2.16. The van der Waals surface area contributed by atoms with Gasteiger partial charge in [-0.15, -0.1) is 0 Å². The summed E-state index contributed by atoms with van der Waals surface area (Å²) < 4.78 is 13.8. The molecule has 5 heteroatoms. The summed E-state index contributed by atoms with van der Waals surface area (Å²) in [5.41, 5.74) is 6.08. The number of halogens is 2. The lowest BCUT2D eigenvalue weighted by molar-refractivity contribution is -0.132. The van der Waals surface area contributed by atoms with Crippen LogP contribution in [0.4, 0.5) is 4.39 Å². The van der Waals surface area contributed by atoms with Crippen LogP contribution in [0.15, 0.2) is 18.2 Å². The van der Waals surface area contributed by atoms with Crippen molar-refractivity contribution >= 4 is 17.5 Å². The Hall–Kier alpha value is -1.13. The van der Waals surface area contributed by atoms with E-state index in [0.29, 0.717) is 23.4 Å². The van der Waals surface area contributed by atoms with E-state index in [9.17, 15) is 9.18 Å². The lowest BCUT2D eigenvalue weighted by Crippen LogP contribution is -2.33. The molecule has 0 spiro atoms. The first-order valence-electron chi connectivity index (χ1n) is 6.97. The minimum atomic E-state index is -0.358. The van der Waals surface area contributed by atoms with Crippen molar-refractivity contribution in [2.45, 2.75) is 51.2 Å². The highest BCUT2D eigenvalue weighted by Crippen LogP contribution is 2.31. The molecule has 1 amide bonds. The molecule has 0 aliphatic heterocycles. The summed E-state index contributed by atoms with van der Waals surface area (Å²) in [6.07, 6.45) is 3.01. The first-order chi connectivity index (χ1) is 9.49. The maximum atomic E-state index is 13.8. The van der Waals surface area contributed by atoms with Gasteiger partial charge in [0, 0.05) is 29.1 Å². The molecule has 1 saturated carbocycles. The molecule has 1 aromatic rings. The van der Waals surface area contributed by atoms with Crippen LogP contribution < -0.4 is 5.73 Å². The number of hydrogen-bond donors (Lipinski definition) is 1. The van der Waals surface area contributed by atoms with E-state index in [0.717, 1.165) is 12.8 Å². The second kappa shape index (κ2) is 6.55. The topological polar surface area (TPSA) is 46.3 Å². The van der Waals surface area contributed by atoms with Crippen LogP contribution in [0.1, 0.15) is 38.2 Å². The predicted molar refractivity (Wildman–Crippen MR) is 77.9 cm³/mol. The van der Waals surface area contributed by atoms with E-state index in [-0.39, 0.29) is 30.4 Å². The van der Waals surface area contributed by atoms with Crippen LogP contribution in [-0.4, -0.2) is 22.9 Å². The Morgan fingerprint density at radius 3 is 2.80 bits per heavy atom. The second-order valence-electron chi connectivity index (χ2n) is 5.47. The third-order valence-electron chi connectivity index (χ3n) is 3.51. The van der Waals surface area contributed by atoms with Gasteiger partial charge in [-0.1, -0.05) is 17.7 Å². The highest BCUT2D eigenvalue weighted by atomic mass is 35.5. The average molecular weight is 299 g/mol. The Labute approximate surface area is 123 Å². The van der Waals surface area contributed by atoms with Crippen molar-refractivity contribution < 1.29 is 9.18 Å². The van der Waals surface area contributed by atoms with E-state index in [1.165, 1.54) is 6.07 Å². The Kier molecular flexibility index (Phi) is 5.00. The molecule has 2 N–H and O–H groups in total. The first-order valence-corrected chi connectivity index (χ1v) is 7.34. The van der Waals surface area contributed by atoms with Crippen molar-refractivity contribution in [2.24, 2.45) is 5.73 Å². The molecule has 1 aliphatic rings. The third-order valence-corrected chi connectivity index (χ3v) is 3.87. The average Bonchev–Trinajstić information content (AvgIpc) is 3.20. The molecule has 1 aliphatic carbocycles. The molecule has 3 nitrogen and oxygen atoms in total. The van der Waals surface area contributed by atoms with Crippen LogP contribution in [-0.2, 0) is 11.3 Å². The zero-order chi connectivity index (χ0) is 14.7. The summed E-state index contributed by atoms with van der Waals surface area (Å²) >= 11 is 6.03. The molecular formula is C15H20ClFN2O. The Balaban J connectivity index is 2.08. The molecular weight excluding hydrogens is 279 g/mol. The highest BCUT2D eigenvalue weighted by molar-refractivity contribution is 6.31. The fraction of sp³-hybridized carbons (Fsp3) is 0.533. The summed E-state index contributed by atoms with van der Waals surface area (Å²) in [5.74, 6) is -0.327. The van der Waals surface area contributed by atoms with Gasteiger partial charge in [0.2, 0.25) is 5.91 Å². The summed E-state index contributed by atoms with van der Waals surface area (Å²) in [6.45, 7) is 2.12. The summed E-state index contributed by atoms with van der Waals surface area (Å²) in [7, 11) is 0. The number of rotatable bonds is 6. The Morgan fingerprint density at radius 1 is 1.55 bits per heavy atom. The zero-order valence-electron chi connectivity index (χ0n) is 11.6. The number of amides is 1. The molecule has 0 aromatic heterocycles. The van der Waals surface area contributed by atoms with Gasteiger partial charge in [0.1, 0.15) is 5.82 Å². The molecule has 110 valence electrons. The molecule has 0 saturated heterocycles. The predicted octanol–water partition coefficient (Wildman–Crippen LogP) is 3.10. The van der Waals surface area contributed by atoms with Crippen molar-refractivity contribution in [3.05, 3.63) is 34.6 Å². The van der Waals surface area contributed by atoms with Crippen LogP contribution in [0.2, 0.25) is 5.02 Å². The highest BCUT2D eigenvalue weighted by Gasteiger charge is 2.33. The van der Waals surface area contributed by atoms with Gasteiger partial charge in [0.15, 0.2) is 0 Å². The third kappa shape index (κ3) is 3.93. The summed E-state index contributed by atoms with van der Waals surface area (Å²) in [4.78, 5) is 14.0. The van der Waals surface area contributed by atoms with Crippen molar-refractivity contribution in [2.75, 3.05) is 0 Å². The van der Waals surface area contributed by atoms with Gasteiger partial charge in [-0.2, -0.15) is 0 Å². The van der Waals surface area contributed by atoms with Crippen molar-refractivity contribution in [3.8, 4) is 0 Å². The lowest BCUT2D eigenvalue weighted by atomic mass is 10.1. The maximum absolute atomic E-state index is 13.8. The van der Waals surface area contributed by atoms with Crippen molar-refractivity contribution in [1.82, 2.24) is 4.90 Å². The minimum Gasteiger partial charge on any atom is -0.335 e. The first kappa shape index (κ1) is 15.3. The van der Waals surface area contributed by atoms with E-state index in [1.807, 2.05) is 6.92 Å². The second-order valence-corrected chi connectivity index (χ2v) is 5.88. The van der Waals surface area contributed by atoms with Gasteiger partial charge in [-0.25, -0.2) is 4.39 Å². The number of carbonyl (C=O) groups is 1. The van der Waals surface area contributed by atoms with Crippen LogP contribution in [0.5, 0.6) is 0 Å². The maximum Gasteiger partial charge on any atom is 0.223 e. The number of nitrogens with two attached hydrogens (primary N) is 1. The molecule has 1 fully saturated rings. The number of hydrogen-bond acceptors (Lipinski definition) is 2. The Morgan fingerprint density at radius 2 is 2.25 bits per heavy atom. The zero-order valence-corrected chi connectivity index (χ0v) is 12.4. The minimum absolute atomic E-state index is 0.00273. The van der Waals surface area contributed by atoms with Gasteiger partial charge in [0.05, 0.1) is 6.54 Å². The molecule has 1 atom stereocenters. The van der Waals surface area contributed by atoms with Crippen LogP contribution in [0.3, 0.4) is 0 Å². The van der Waals surface area contributed by atoms with Gasteiger partial charge < -0.3 is 10.6 Å². The standard InChI is InChI=1S/C15H20ClFN2O/c1-10(18)5-8-15(20)19(11-6-7-11)9-12-13(16)3-2-4-14(12)17/h2-4,10-11H,5-9,18H2,1H3. The fourth-order valence-corrected chi connectivity index (χ4v) is 2.38. The number of carbonyl (C=O) groups excluding carboxylic acids is 1. The van der Waals surface area contributed by atoms with Crippen LogP contribution >= 0.6 is 11.6 Å². The van der Waals surface area contributed by atoms with Crippen molar-refractivity contribution in [3.63, 3.8) is 0 Å². The smallest absolute Gasteiger partial charge is 0.223 e. The Bertz CT molecular complexity index is 469. The van der Waals surface area contributed by atoms with E-state index < -0.39 is 0 Å². The largest absolute Gasteiger partial charge is 0.335 e. The van der Waals surface area contributed by atoms with Crippen LogP contribution in [0, 0.1) is 5.82 Å². The normalized spacial score (nSPS) is 16.0. The van der Waals surface area contributed by atoms with E-state index in [4.69, 9.17) is 17.3 Å². The molecule has 1 unspecified atom stereocenters. The van der Waals surface area contributed by atoms with E-state index >= 15 is 0 Å². The molecule has 0 heterocycles. The van der Waals surface area contributed by atoms with Crippen molar-refractivity contribution in [1.29, 1.82) is 0 Å². The summed E-state index contributed by atoms with van der Waals surface area (Å²) in [6, 6.07) is 4.82. The monoisotopic (exact) mass is 298 g/mol. The number of nitrogens with zero attached hydrogens (tertiary/aromatic N) is 1. The SMILES string of the molecule is CC(N)CCC(=O)N(Cc1c(F)cccc1Cl)C1CC1. The molecule has 20 heavy (non-hydrogen) atoms. The molecule has 0 bridgehead atoms.